The van der Waals surface area contributed by atoms with Gasteiger partial charge in [0.05, 0.1) is 17.8 Å². The molecule has 0 aliphatic carbocycles. The van der Waals surface area contributed by atoms with Crippen LogP contribution in [0.5, 0.6) is 5.75 Å². The van der Waals surface area contributed by atoms with Gasteiger partial charge in [-0.1, -0.05) is 17.7 Å². The average molecular weight is 364 g/mol. The van der Waals surface area contributed by atoms with Gasteiger partial charge >= 0.3 is 11.8 Å². The van der Waals surface area contributed by atoms with Crippen molar-refractivity contribution in [2.45, 2.75) is 6.92 Å². The first kappa shape index (κ1) is 18.4. The molecule has 0 saturated heterocycles. The van der Waals surface area contributed by atoms with Crippen LogP contribution in [0.3, 0.4) is 0 Å². The number of rotatable bonds is 5. The Balaban J connectivity index is 1.92. The largest absolute Gasteiger partial charge is 0.494 e. The van der Waals surface area contributed by atoms with Gasteiger partial charge < -0.3 is 10.1 Å². The molecule has 0 aliphatic rings. The first-order valence-electron chi connectivity index (χ1n) is 7.32. The Morgan fingerprint density at radius 1 is 1.20 bits per heavy atom. The highest BCUT2D eigenvalue weighted by Crippen LogP contribution is 2.17. The Morgan fingerprint density at radius 3 is 2.56 bits per heavy atom. The number of carbonyl (C=O) groups excluding carboxylic acids is 2. The molecule has 2 amide bonds. The summed E-state index contributed by atoms with van der Waals surface area (Å²) in [4.78, 5) is 23.5. The number of nitrogens with one attached hydrogen (secondary N) is 2. The van der Waals surface area contributed by atoms with Crippen LogP contribution in [0.15, 0.2) is 47.6 Å². The predicted octanol–water partition coefficient (Wildman–Crippen LogP) is 2.97. The summed E-state index contributed by atoms with van der Waals surface area (Å²) in [6.45, 7) is 2.38. The molecule has 130 valence electrons. The van der Waals surface area contributed by atoms with Crippen molar-refractivity contribution in [2.24, 2.45) is 5.10 Å². The molecule has 0 fully saturated rings. The van der Waals surface area contributed by atoms with Crippen LogP contribution in [-0.4, -0.2) is 24.6 Å². The van der Waals surface area contributed by atoms with E-state index < -0.39 is 17.6 Å². The number of halogens is 2. The van der Waals surface area contributed by atoms with E-state index in [1.165, 1.54) is 18.2 Å². The van der Waals surface area contributed by atoms with Gasteiger partial charge in [-0.3, -0.25) is 9.59 Å². The first-order valence-corrected chi connectivity index (χ1v) is 7.70. The third kappa shape index (κ3) is 5.29. The predicted molar refractivity (Wildman–Crippen MR) is 93.4 cm³/mol. The fourth-order valence-corrected chi connectivity index (χ4v) is 2.04. The second-order valence-corrected chi connectivity index (χ2v) is 5.15. The van der Waals surface area contributed by atoms with Gasteiger partial charge in [0.15, 0.2) is 0 Å². The molecule has 2 rings (SSSR count). The lowest BCUT2D eigenvalue weighted by atomic mass is 10.2. The number of amides is 2. The second-order valence-electron chi connectivity index (χ2n) is 4.75. The van der Waals surface area contributed by atoms with E-state index in [9.17, 15) is 14.0 Å². The molecule has 2 aromatic carbocycles. The summed E-state index contributed by atoms with van der Waals surface area (Å²) in [5.41, 5.74) is 2.44. The van der Waals surface area contributed by atoms with Crippen molar-refractivity contribution in [3.05, 3.63) is 58.9 Å². The number of benzene rings is 2. The van der Waals surface area contributed by atoms with Gasteiger partial charge in [0.1, 0.15) is 11.6 Å². The number of hydrazone groups is 1. The zero-order valence-corrected chi connectivity index (χ0v) is 14.0. The Kier molecular flexibility index (Phi) is 6.47. The zero-order chi connectivity index (χ0) is 18.2. The van der Waals surface area contributed by atoms with Crippen LogP contribution in [0.2, 0.25) is 5.02 Å². The standard InChI is InChI=1S/C17H15ClFN3O3/c1-2-25-12-8-6-11(7-9-12)21-16(23)17(24)22-20-10-13-14(18)4-3-5-15(13)19/h3-10H,2H2,1H3,(H,21,23)(H,22,24)/b20-10+. The van der Waals surface area contributed by atoms with Crippen LogP contribution >= 0.6 is 11.6 Å². The van der Waals surface area contributed by atoms with E-state index in [-0.39, 0.29) is 10.6 Å². The van der Waals surface area contributed by atoms with Crippen LogP contribution in [0.25, 0.3) is 0 Å². The van der Waals surface area contributed by atoms with Gasteiger partial charge in [0.2, 0.25) is 0 Å². The monoisotopic (exact) mass is 363 g/mol. The molecule has 25 heavy (non-hydrogen) atoms. The number of hydrogen-bond donors (Lipinski definition) is 2. The SMILES string of the molecule is CCOc1ccc(NC(=O)C(=O)N/N=C/c2c(F)cccc2Cl)cc1. The molecule has 0 bridgehead atoms. The molecule has 0 aromatic heterocycles. The van der Waals surface area contributed by atoms with Crippen LogP contribution in [-0.2, 0) is 9.59 Å². The average Bonchev–Trinajstić information content (AvgIpc) is 2.59. The van der Waals surface area contributed by atoms with Crippen molar-refractivity contribution >= 4 is 35.3 Å². The molecule has 0 atom stereocenters. The number of anilines is 1. The van der Waals surface area contributed by atoms with Crippen molar-refractivity contribution in [3.8, 4) is 5.75 Å². The van der Waals surface area contributed by atoms with E-state index in [1.54, 1.807) is 24.3 Å². The Morgan fingerprint density at radius 2 is 1.92 bits per heavy atom. The molecule has 0 spiro atoms. The van der Waals surface area contributed by atoms with Crippen LogP contribution in [0.1, 0.15) is 12.5 Å². The fourth-order valence-electron chi connectivity index (χ4n) is 1.83. The van der Waals surface area contributed by atoms with Crippen molar-refractivity contribution in [3.63, 3.8) is 0 Å². The molecule has 2 aromatic rings. The summed E-state index contributed by atoms with van der Waals surface area (Å²) in [5.74, 6) is -1.86. The van der Waals surface area contributed by atoms with Gasteiger partial charge in [-0.15, -0.1) is 0 Å². The highest BCUT2D eigenvalue weighted by Gasteiger charge is 2.13. The zero-order valence-electron chi connectivity index (χ0n) is 13.3. The van der Waals surface area contributed by atoms with E-state index >= 15 is 0 Å². The van der Waals surface area contributed by atoms with Gasteiger partial charge in [-0.2, -0.15) is 5.10 Å². The minimum absolute atomic E-state index is 0.0105. The van der Waals surface area contributed by atoms with Crippen LogP contribution in [0, 0.1) is 5.82 Å². The Bertz CT molecular complexity index is 774. The molecule has 0 saturated carbocycles. The summed E-state index contributed by atoms with van der Waals surface area (Å²) in [6.07, 6.45) is 1.03. The lowest BCUT2D eigenvalue weighted by Crippen LogP contribution is -2.32. The molecule has 0 heterocycles. The third-order valence-electron chi connectivity index (χ3n) is 2.99. The molecule has 0 radical (unpaired) electrons. The van der Waals surface area contributed by atoms with Gasteiger partial charge in [0, 0.05) is 11.3 Å². The Hall–Kier alpha value is -2.93. The molecular formula is C17H15ClFN3O3. The number of nitrogens with zero attached hydrogens (tertiary/aromatic N) is 1. The van der Waals surface area contributed by atoms with E-state index in [0.717, 1.165) is 6.21 Å². The molecule has 6 nitrogen and oxygen atoms in total. The number of ether oxygens (including phenoxy) is 1. The van der Waals surface area contributed by atoms with Crippen molar-refractivity contribution in [1.82, 2.24) is 5.43 Å². The number of hydrogen-bond acceptors (Lipinski definition) is 4. The van der Waals surface area contributed by atoms with Gasteiger partial charge in [0.25, 0.3) is 0 Å². The minimum atomic E-state index is -1.00. The molecule has 2 N–H and O–H groups in total. The molecular weight excluding hydrogens is 349 g/mol. The maximum atomic E-state index is 13.5. The fraction of sp³-hybridized carbons (Fsp3) is 0.118. The summed E-state index contributed by atoms with van der Waals surface area (Å²) in [6, 6.07) is 10.6. The van der Waals surface area contributed by atoms with Crippen molar-refractivity contribution in [1.29, 1.82) is 0 Å². The first-order chi connectivity index (χ1) is 12.0. The van der Waals surface area contributed by atoms with Crippen molar-refractivity contribution in [2.75, 3.05) is 11.9 Å². The molecule has 8 heteroatoms. The lowest BCUT2D eigenvalue weighted by Gasteiger charge is -2.06. The molecule has 0 aliphatic heterocycles. The van der Waals surface area contributed by atoms with E-state index in [4.69, 9.17) is 16.3 Å². The quantitative estimate of drug-likeness (QED) is 0.487. The summed E-state index contributed by atoms with van der Waals surface area (Å²) in [7, 11) is 0. The Labute approximate surface area is 148 Å². The van der Waals surface area contributed by atoms with E-state index in [2.05, 4.69) is 10.4 Å². The van der Waals surface area contributed by atoms with E-state index in [0.29, 0.717) is 18.0 Å². The normalized spacial score (nSPS) is 10.5. The van der Waals surface area contributed by atoms with Crippen LogP contribution < -0.4 is 15.5 Å². The minimum Gasteiger partial charge on any atom is -0.494 e. The summed E-state index contributed by atoms with van der Waals surface area (Å²) in [5, 5.41) is 6.07. The van der Waals surface area contributed by atoms with Crippen LogP contribution in [0.4, 0.5) is 10.1 Å². The lowest BCUT2D eigenvalue weighted by molar-refractivity contribution is -0.136. The molecule has 0 unspecified atom stereocenters. The smallest absolute Gasteiger partial charge is 0.329 e. The summed E-state index contributed by atoms with van der Waals surface area (Å²) >= 11 is 5.82. The topological polar surface area (TPSA) is 79.8 Å². The second kappa shape index (κ2) is 8.79. The highest BCUT2D eigenvalue weighted by molar-refractivity contribution is 6.39. The maximum absolute atomic E-state index is 13.5. The highest BCUT2D eigenvalue weighted by atomic mass is 35.5. The van der Waals surface area contributed by atoms with E-state index in [1.807, 2.05) is 12.3 Å². The summed E-state index contributed by atoms with van der Waals surface area (Å²) < 4.78 is 18.8. The maximum Gasteiger partial charge on any atom is 0.329 e. The number of carbonyl (C=O) groups is 2. The van der Waals surface area contributed by atoms with Gasteiger partial charge in [-0.25, -0.2) is 9.82 Å². The van der Waals surface area contributed by atoms with Crippen molar-refractivity contribution < 1.29 is 18.7 Å². The van der Waals surface area contributed by atoms with Gasteiger partial charge in [-0.05, 0) is 43.3 Å². The third-order valence-corrected chi connectivity index (χ3v) is 3.32.